The molecule has 0 radical (unpaired) electrons. The highest BCUT2D eigenvalue weighted by molar-refractivity contribution is 6.32. The van der Waals surface area contributed by atoms with Crippen molar-refractivity contribution in [3.05, 3.63) is 46.2 Å². The van der Waals surface area contributed by atoms with Crippen molar-refractivity contribution in [1.29, 1.82) is 0 Å². The Kier molecular flexibility index (Phi) is 2.67. The van der Waals surface area contributed by atoms with Crippen LogP contribution in [-0.2, 0) is 12.8 Å². The van der Waals surface area contributed by atoms with Crippen molar-refractivity contribution in [1.82, 2.24) is 9.78 Å². The van der Waals surface area contributed by atoms with E-state index in [4.69, 9.17) is 11.6 Å². The van der Waals surface area contributed by atoms with Gasteiger partial charge in [0.25, 0.3) is 0 Å². The van der Waals surface area contributed by atoms with Gasteiger partial charge in [0.2, 0.25) is 0 Å². The highest BCUT2D eigenvalue weighted by atomic mass is 35.5. The van der Waals surface area contributed by atoms with Crippen molar-refractivity contribution in [3.8, 4) is 5.69 Å². The average molecular weight is 247 g/mol. The molecule has 0 saturated carbocycles. The predicted molar refractivity (Wildman–Crippen MR) is 70.0 cm³/mol. The number of aromatic nitrogens is 2. The van der Waals surface area contributed by atoms with Crippen molar-refractivity contribution in [2.45, 2.75) is 32.6 Å². The van der Waals surface area contributed by atoms with Crippen molar-refractivity contribution in [3.63, 3.8) is 0 Å². The molecule has 0 N–H and O–H groups in total. The van der Waals surface area contributed by atoms with Crippen LogP contribution in [0.4, 0.5) is 0 Å². The summed E-state index contributed by atoms with van der Waals surface area (Å²) in [5, 5.41) is 5.30. The first-order valence-corrected chi connectivity index (χ1v) is 6.46. The molecular weight excluding hydrogens is 232 g/mol. The minimum Gasteiger partial charge on any atom is -0.236 e. The van der Waals surface area contributed by atoms with Crippen LogP contribution < -0.4 is 0 Å². The molecule has 17 heavy (non-hydrogen) atoms. The molecule has 1 aliphatic rings. The van der Waals surface area contributed by atoms with Crippen molar-refractivity contribution in [2.75, 3.05) is 0 Å². The van der Waals surface area contributed by atoms with Crippen LogP contribution in [0.15, 0.2) is 24.4 Å². The average Bonchev–Trinajstić information content (AvgIpc) is 2.73. The summed E-state index contributed by atoms with van der Waals surface area (Å²) in [5.41, 5.74) is 4.94. The van der Waals surface area contributed by atoms with Gasteiger partial charge in [0.1, 0.15) is 0 Å². The summed E-state index contributed by atoms with van der Waals surface area (Å²) in [6.45, 7) is 2.08. The van der Waals surface area contributed by atoms with Gasteiger partial charge < -0.3 is 0 Å². The molecule has 0 spiro atoms. The fourth-order valence-electron chi connectivity index (χ4n) is 2.57. The third-order valence-electron chi connectivity index (χ3n) is 3.47. The van der Waals surface area contributed by atoms with Gasteiger partial charge in [0, 0.05) is 5.69 Å². The molecule has 3 heteroatoms. The number of hydrogen-bond acceptors (Lipinski definition) is 1. The van der Waals surface area contributed by atoms with Crippen molar-refractivity contribution < 1.29 is 0 Å². The first kappa shape index (κ1) is 10.8. The Morgan fingerprint density at radius 1 is 1.24 bits per heavy atom. The van der Waals surface area contributed by atoms with Gasteiger partial charge in [-0.1, -0.05) is 23.7 Å². The molecule has 1 heterocycles. The Morgan fingerprint density at radius 3 is 2.88 bits per heavy atom. The van der Waals surface area contributed by atoms with Crippen LogP contribution in [0.5, 0.6) is 0 Å². The van der Waals surface area contributed by atoms with Crippen LogP contribution in [0.1, 0.15) is 29.7 Å². The number of hydrogen-bond donors (Lipinski definition) is 0. The van der Waals surface area contributed by atoms with Crippen molar-refractivity contribution >= 4 is 11.6 Å². The topological polar surface area (TPSA) is 17.8 Å². The summed E-state index contributed by atoms with van der Waals surface area (Å²) in [6.07, 6.45) is 6.79. The molecule has 1 aromatic carbocycles. The lowest BCUT2D eigenvalue weighted by Crippen LogP contribution is -2.09. The van der Waals surface area contributed by atoms with E-state index >= 15 is 0 Å². The molecule has 0 atom stereocenters. The smallest absolute Gasteiger partial charge is 0.0864 e. The van der Waals surface area contributed by atoms with E-state index in [0.29, 0.717) is 0 Å². The predicted octanol–water partition coefficient (Wildman–Crippen LogP) is 3.71. The van der Waals surface area contributed by atoms with Gasteiger partial charge in [-0.3, -0.25) is 0 Å². The lowest BCUT2D eigenvalue weighted by Gasteiger charge is -2.16. The summed E-state index contributed by atoms with van der Waals surface area (Å²) in [6, 6.07) is 6.00. The summed E-state index contributed by atoms with van der Waals surface area (Å²) in [5.74, 6) is 0. The zero-order valence-corrected chi connectivity index (χ0v) is 10.7. The SMILES string of the molecule is Cc1cccc(Cl)c1-n1ncc2c1CCCC2. The van der Waals surface area contributed by atoms with Crippen LogP contribution in [0.3, 0.4) is 0 Å². The summed E-state index contributed by atoms with van der Waals surface area (Å²) < 4.78 is 2.03. The number of rotatable bonds is 1. The molecule has 88 valence electrons. The van der Waals surface area contributed by atoms with Gasteiger partial charge in [0.05, 0.1) is 16.9 Å². The number of nitrogens with zero attached hydrogens (tertiary/aromatic N) is 2. The van der Waals surface area contributed by atoms with E-state index in [1.807, 2.05) is 23.0 Å². The second kappa shape index (κ2) is 4.19. The van der Waals surface area contributed by atoms with Crippen LogP contribution in [0, 0.1) is 6.92 Å². The molecule has 0 fully saturated rings. The van der Waals surface area contributed by atoms with Crippen LogP contribution in [0.2, 0.25) is 5.02 Å². The minimum absolute atomic E-state index is 0.779. The molecule has 2 aromatic rings. The number of aryl methyl sites for hydroxylation is 2. The largest absolute Gasteiger partial charge is 0.236 e. The normalized spacial score (nSPS) is 14.7. The van der Waals surface area contributed by atoms with Gasteiger partial charge in [-0.25, -0.2) is 4.68 Å². The Morgan fingerprint density at radius 2 is 2.06 bits per heavy atom. The van der Waals surface area contributed by atoms with Gasteiger partial charge in [-0.15, -0.1) is 0 Å². The maximum absolute atomic E-state index is 6.30. The van der Waals surface area contributed by atoms with Crippen molar-refractivity contribution in [2.24, 2.45) is 0 Å². The van der Waals surface area contributed by atoms with E-state index < -0.39 is 0 Å². The Hall–Kier alpha value is -1.28. The standard InChI is InChI=1S/C14H15ClN2/c1-10-5-4-7-12(15)14(10)17-13-8-3-2-6-11(13)9-16-17/h4-5,7,9H,2-3,6,8H2,1H3. The van der Waals surface area contributed by atoms with E-state index in [0.717, 1.165) is 23.6 Å². The van der Waals surface area contributed by atoms with Gasteiger partial charge >= 0.3 is 0 Å². The third-order valence-corrected chi connectivity index (χ3v) is 3.77. The maximum Gasteiger partial charge on any atom is 0.0864 e. The lowest BCUT2D eigenvalue weighted by molar-refractivity contribution is 0.652. The Labute approximate surface area is 106 Å². The van der Waals surface area contributed by atoms with E-state index in [1.165, 1.54) is 29.7 Å². The van der Waals surface area contributed by atoms with Gasteiger partial charge in [-0.2, -0.15) is 5.10 Å². The van der Waals surface area contributed by atoms with Crippen LogP contribution in [0.25, 0.3) is 5.69 Å². The Balaban J connectivity index is 2.19. The minimum atomic E-state index is 0.779. The summed E-state index contributed by atoms with van der Waals surface area (Å²) in [7, 11) is 0. The monoisotopic (exact) mass is 246 g/mol. The quantitative estimate of drug-likeness (QED) is 0.750. The first-order valence-electron chi connectivity index (χ1n) is 6.08. The maximum atomic E-state index is 6.30. The molecule has 0 bridgehead atoms. The van der Waals surface area contributed by atoms with E-state index in [2.05, 4.69) is 18.1 Å². The van der Waals surface area contributed by atoms with Crippen LogP contribution in [-0.4, -0.2) is 9.78 Å². The van der Waals surface area contributed by atoms with Gasteiger partial charge in [0.15, 0.2) is 0 Å². The van der Waals surface area contributed by atoms with Crippen LogP contribution >= 0.6 is 11.6 Å². The van der Waals surface area contributed by atoms with E-state index in [9.17, 15) is 0 Å². The molecule has 0 unspecified atom stereocenters. The van der Waals surface area contributed by atoms with E-state index in [-0.39, 0.29) is 0 Å². The molecule has 1 aliphatic carbocycles. The number of halogens is 1. The first-order chi connectivity index (χ1) is 8.27. The zero-order chi connectivity index (χ0) is 11.8. The molecule has 3 rings (SSSR count). The summed E-state index contributed by atoms with van der Waals surface area (Å²) in [4.78, 5) is 0. The zero-order valence-electron chi connectivity index (χ0n) is 9.91. The number of benzene rings is 1. The molecule has 0 aliphatic heterocycles. The summed E-state index contributed by atoms with van der Waals surface area (Å²) >= 11 is 6.30. The fraction of sp³-hybridized carbons (Fsp3) is 0.357. The highest BCUT2D eigenvalue weighted by Gasteiger charge is 2.18. The lowest BCUT2D eigenvalue weighted by atomic mass is 9.98. The number of para-hydroxylation sites is 1. The number of fused-ring (bicyclic) bond motifs is 1. The molecular formula is C14H15ClN2. The molecule has 2 nitrogen and oxygen atoms in total. The third kappa shape index (κ3) is 1.77. The second-order valence-electron chi connectivity index (χ2n) is 4.64. The second-order valence-corrected chi connectivity index (χ2v) is 5.05. The molecule has 0 amide bonds. The molecule has 1 aromatic heterocycles. The fourth-order valence-corrected chi connectivity index (χ4v) is 2.88. The Bertz CT molecular complexity index is 537. The highest BCUT2D eigenvalue weighted by Crippen LogP contribution is 2.29. The molecule has 0 saturated heterocycles. The van der Waals surface area contributed by atoms with Gasteiger partial charge in [-0.05, 0) is 49.8 Å². The van der Waals surface area contributed by atoms with E-state index in [1.54, 1.807) is 0 Å².